The predicted octanol–water partition coefficient (Wildman–Crippen LogP) is 7.45. The van der Waals surface area contributed by atoms with Crippen molar-refractivity contribution >= 4 is 87.9 Å². The molecule has 2 aliphatic carbocycles. The lowest BCUT2D eigenvalue weighted by Crippen LogP contribution is -2.47. The number of piperazine rings is 2. The van der Waals surface area contributed by atoms with Gasteiger partial charge in [0, 0.05) is 76.3 Å². The molecule has 2 aliphatic heterocycles. The van der Waals surface area contributed by atoms with E-state index in [2.05, 4.69) is 87.5 Å². The van der Waals surface area contributed by atoms with E-state index in [1.54, 1.807) is 22.7 Å². The maximum atomic E-state index is 13.9. The molecule has 0 radical (unpaired) electrons. The number of aromatic nitrogens is 6. The van der Waals surface area contributed by atoms with E-state index >= 15 is 0 Å². The number of thiophene rings is 2. The van der Waals surface area contributed by atoms with Crippen molar-refractivity contribution in [3.8, 4) is 22.8 Å². The SMILES string of the molecule is CN1CCN(c2ccc3nc(-c4c(N[C@@H]5CCC(CN6CCN(c7ccc8nc(-c9c(N[C@H]%10CCCC[C@@H]%10O)c%10sccc%10[nH]c9=O)[nH]c8c7)CC6)C5)c5sccc5[nH]c4=O)[nH]c3c2)CC1. The Morgan fingerprint density at radius 2 is 1.21 bits per heavy atom. The molecule has 2 aromatic carbocycles. The second-order valence-corrected chi connectivity index (χ2v) is 20.8. The molecule has 4 fully saturated rings. The maximum absolute atomic E-state index is 13.9. The van der Waals surface area contributed by atoms with Crippen molar-refractivity contribution in [2.24, 2.45) is 5.92 Å². The van der Waals surface area contributed by atoms with Gasteiger partial charge < -0.3 is 50.4 Å². The van der Waals surface area contributed by atoms with Crippen LogP contribution in [-0.2, 0) is 0 Å². The third-order valence-electron chi connectivity index (χ3n) is 14.7. The van der Waals surface area contributed by atoms with E-state index in [1.165, 1.54) is 5.69 Å². The van der Waals surface area contributed by atoms with Crippen LogP contribution in [0.1, 0.15) is 44.9 Å². The van der Waals surface area contributed by atoms with Gasteiger partial charge in [-0.2, -0.15) is 0 Å². The van der Waals surface area contributed by atoms with Crippen molar-refractivity contribution in [3.05, 3.63) is 80.0 Å². The molecule has 8 heterocycles. The zero-order valence-corrected chi connectivity index (χ0v) is 38.8. The van der Waals surface area contributed by atoms with Gasteiger partial charge in [0.05, 0.1) is 66.0 Å². The number of anilines is 4. The van der Waals surface area contributed by atoms with E-state index < -0.39 is 6.10 Å². The first-order chi connectivity index (χ1) is 32.3. The summed E-state index contributed by atoms with van der Waals surface area (Å²) in [7, 11) is 2.17. The molecule has 0 bridgehead atoms. The molecule has 7 N–H and O–H groups in total. The highest BCUT2D eigenvalue weighted by Gasteiger charge is 2.31. The first-order valence-electron chi connectivity index (χ1n) is 23.7. The highest BCUT2D eigenvalue weighted by atomic mass is 32.1. The second kappa shape index (κ2) is 17.2. The van der Waals surface area contributed by atoms with E-state index in [-0.39, 0.29) is 23.2 Å². The van der Waals surface area contributed by atoms with Gasteiger partial charge in [-0.15, -0.1) is 22.7 Å². The maximum Gasteiger partial charge on any atom is 0.261 e. The van der Waals surface area contributed by atoms with Crippen LogP contribution in [0.2, 0.25) is 0 Å². The number of hydrogen-bond donors (Lipinski definition) is 7. The number of aliphatic hydroxyl groups excluding tert-OH is 1. The lowest BCUT2D eigenvalue weighted by molar-refractivity contribution is 0.116. The molecule has 0 amide bonds. The van der Waals surface area contributed by atoms with Gasteiger partial charge >= 0.3 is 0 Å². The lowest BCUT2D eigenvalue weighted by atomic mass is 9.92. The number of fused-ring (bicyclic) bond motifs is 4. The summed E-state index contributed by atoms with van der Waals surface area (Å²) in [6.07, 6.45) is 6.46. The summed E-state index contributed by atoms with van der Waals surface area (Å²) in [5.74, 6) is 1.69. The molecule has 4 atom stereocenters. The molecular formula is C49H56N12O3S2. The van der Waals surface area contributed by atoms with Crippen LogP contribution in [0.25, 0.3) is 65.3 Å². The quantitative estimate of drug-likeness (QED) is 0.0725. The van der Waals surface area contributed by atoms with E-state index in [0.717, 1.165) is 163 Å². The summed E-state index contributed by atoms with van der Waals surface area (Å²) in [5.41, 5.74) is 9.82. The molecule has 4 aliphatic rings. The molecule has 17 heteroatoms. The smallest absolute Gasteiger partial charge is 0.261 e. The summed E-state index contributed by atoms with van der Waals surface area (Å²) < 4.78 is 2.01. The number of benzene rings is 2. The zero-order chi connectivity index (χ0) is 44.5. The molecule has 8 aromatic rings. The summed E-state index contributed by atoms with van der Waals surface area (Å²) in [6.45, 7) is 8.93. The van der Waals surface area contributed by atoms with Crippen LogP contribution in [0.3, 0.4) is 0 Å². The van der Waals surface area contributed by atoms with E-state index in [4.69, 9.17) is 9.97 Å². The van der Waals surface area contributed by atoms with E-state index in [1.807, 2.05) is 29.0 Å². The molecule has 2 saturated heterocycles. The Labute approximate surface area is 389 Å². The van der Waals surface area contributed by atoms with Crippen LogP contribution in [-0.4, -0.2) is 129 Å². The van der Waals surface area contributed by atoms with Gasteiger partial charge in [0.15, 0.2) is 0 Å². The Kier molecular flexibility index (Phi) is 10.8. The Morgan fingerprint density at radius 1 is 0.652 bits per heavy atom. The van der Waals surface area contributed by atoms with Gasteiger partial charge in [0.2, 0.25) is 0 Å². The minimum absolute atomic E-state index is 0.116. The molecule has 6 aromatic heterocycles. The number of H-pyrrole nitrogens is 4. The summed E-state index contributed by atoms with van der Waals surface area (Å²) >= 11 is 3.23. The van der Waals surface area contributed by atoms with Crippen molar-refractivity contribution in [1.29, 1.82) is 0 Å². The number of nitrogens with zero attached hydrogens (tertiary/aromatic N) is 6. The first-order valence-corrected chi connectivity index (χ1v) is 25.4. The van der Waals surface area contributed by atoms with Crippen LogP contribution in [0, 0.1) is 5.92 Å². The minimum Gasteiger partial charge on any atom is -0.391 e. The third kappa shape index (κ3) is 7.83. The minimum atomic E-state index is -0.456. The second-order valence-electron chi connectivity index (χ2n) is 19.0. The molecule has 12 rings (SSSR count). The monoisotopic (exact) mass is 924 g/mol. The van der Waals surface area contributed by atoms with Crippen molar-refractivity contribution in [1.82, 2.24) is 39.7 Å². The van der Waals surface area contributed by atoms with Crippen molar-refractivity contribution in [2.45, 2.75) is 63.1 Å². The fraction of sp³-hybridized carbons (Fsp3) is 0.429. The van der Waals surface area contributed by atoms with Crippen LogP contribution >= 0.6 is 22.7 Å². The standard InChI is InChI=1S/C49H56N12O3S2/c1-58-14-18-60(19-15-58)30-8-10-32-37(25-30)54-46(52-32)40-42(44-35(12-22-65-44)56-48(40)63)50-29-7-6-28(24-29)27-59-16-20-61(21-17-59)31-9-11-33-38(26-31)55-47(53-33)41-43(51-34-4-2-3-5-39(34)62)45-36(13-23-66-45)57-49(41)64/h8-13,22-23,25-26,28-29,34,39,62H,2-7,14-21,24,27H2,1H3,(H,52,54)(H,53,55)(H2,50,56,63)(H2,51,57,64)/t28?,29-,34+,39+/m1/s1. The van der Waals surface area contributed by atoms with Gasteiger partial charge in [-0.05, 0) is 104 Å². The average Bonchev–Trinajstić information content (AvgIpc) is 4.18. The topological polar surface area (TPSA) is 180 Å². The molecule has 66 heavy (non-hydrogen) atoms. The summed E-state index contributed by atoms with van der Waals surface area (Å²) in [5, 5.41) is 22.4. The first kappa shape index (κ1) is 41.7. The van der Waals surface area contributed by atoms with Gasteiger partial charge in [-0.3, -0.25) is 14.5 Å². The molecule has 0 spiro atoms. The van der Waals surface area contributed by atoms with Crippen LogP contribution in [0.5, 0.6) is 0 Å². The number of rotatable bonds is 10. The van der Waals surface area contributed by atoms with Crippen molar-refractivity contribution in [3.63, 3.8) is 0 Å². The van der Waals surface area contributed by atoms with E-state index in [0.29, 0.717) is 28.7 Å². The van der Waals surface area contributed by atoms with Gasteiger partial charge in [-0.25, -0.2) is 9.97 Å². The number of nitrogens with one attached hydrogen (secondary N) is 6. The Morgan fingerprint density at radius 3 is 1.80 bits per heavy atom. The number of hydrogen-bond acceptors (Lipinski definition) is 13. The number of pyridine rings is 2. The van der Waals surface area contributed by atoms with Crippen LogP contribution in [0.4, 0.5) is 22.7 Å². The highest BCUT2D eigenvalue weighted by molar-refractivity contribution is 7.18. The third-order valence-corrected chi connectivity index (χ3v) is 16.6. The Bertz CT molecular complexity index is 3190. The van der Waals surface area contributed by atoms with Crippen LogP contribution < -0.4 is 31.6 Å². The normalized spacial score (nSPS) is 22.4. The molecule has 15 nitrogen and oxygen atoms in total. The van der Waals surface area contributed by atoms with Crippen LogP contribution in [0.15, 0.2) is 68.9 Å². The number of aromatic amines is 4. The fourth-order valence-corrected chi connectivity index (χ4v) is 12.8. The van der Waals surface area contributed by atoms with Crippen molar-refractivity contribution in [2.75, 3.05) is 86.4 Å². The lowest BCUT2D eigenvalue weighted by Gasteiger charge is -2.37. The van der Waals surface area contributed by atoms with E-state index in [9.17, 15) is 14.7 Å². The summed E-state index contributed by atoms with van der Waals surface area (Å²) in [4.78, 5) is 60.5. The summed E-state index contributed by atoms with van der Waals surface area (Å²) in [6, 6.07) is 16.8. The Balaban J connectivity index is 0.712. The largest absolute Gasteiger partial charge is 0.391 e. The van der Waals surface area contributed by atoms with Crippen molar-refractivity contribution < 1.29 is 5.11 Å². The molecule has 342 valence electrons. The zero-order valence-electron chi connectivity index (χ0n) is 37.2. The van der Waals surface area contributed by atoms with Gasteiger partial charge in [-0.1, -0.05) is 12.8 Å². The number of likely N-dealkylation sites (N-methyl/N-ethyl adjacent to an activating group) is 1. The molecule has 2 saturated carbocycles. The number of imidazole rings is 2. The average molecular weight is 925 g/mol. The molecule has 1 unspecified atom stereocenters. The fourth-order valence-electron chi connectivity index (χ4n) is 11.0. The predicted molar refractivity (Wildman–Crippen MR) is 270 cm³/mol. The highest BCUT2D eigenvalue weighted by Crippen LogP contribution is 2.39. The van der Waals surface area contributed by atoms with Gasteiger partial charge in [0.25, 0.3) is 11.1 Å². The Hall–Kier alpha value is -5.72. The number of aliphatic hydroxyl groups is 1. The molecular weight excluding hydrogens is 869 g/mol. The van der Waals surface area contributed by atoms with Gasteiger partial charge in [0.1, 0.15) is 22.8 Å².